The predicted molar refractivity (Wildman–Crippen MR) is 91.9 cm³/mol. The molecule has 0 radical (unpaired) electrons. The maximum atomic E-state index is 2.31. The van der Waals surface area contributed by atoms with Gasteiger partial charge >= 0.3 is 0 Å². The molecule has 2 heteroatoms. The Hall–Kier alpha value is -0.470. The van der Waals surface area contributed by atoms with Crippen LogP contribution in [0.4, 0.5) is 0 Å². The van der Waals surface area contributed by atoms with Gasteiger partial charge in [0.2, 0.25) is 0 Å². The number of nitrogens with zero attached hydrogens (tertiary/aromatic N) is 1. The van der Waals surface area contributed by atoms with Gasteiger partial charge in [-0.05, 0) is 31.4 Å². The molecule has 1 nitrogen and oxygen atoms in total. The number of quaternary nitrogens is 1. The summed E-state index contributed by atoms with van der Waals surface area (Å²) in [5, 5.41) is 0. The summed E-state index contributed by atoms with van der Waals surface area (Å²) in [6.07, 6.45) is 7.92. The van der Waals surface area contributed by atoms with E-state index in [1.54, 1.807) is 0 Å². The first-order valence-electron chi connectivity index (χ1n) is 8.37. The Morgan fingerprint density at radius 3 is 1.60 bits per heavy atom. The van der Waals surface area contributed by atoms with E-state index in [1.807, 2.05) is 0 Å². The van der Waals surface area contributed by atoms with Crippen molar-refractivity contribution in [3.8, 4) is 0 Å². The van der Waals surface area contributed by atoms with Crippen molar-refractivity contribution < 1.29 is 3.89 Å². The van der Waals surface area contributed by atoms with Gasteiger partial charge in [0, 0.05) is 0 Å². The first kappa shape index (κ1) is 17.6. The van der Waals surface area contributed by atoms with Crippen LogP contribution in [0.1, 0.15) is 59.3 Å². The third kappa shape index (κ3) is 6.32. The van der Waals surface area contributed by atoms with E-state index < -0.39 is 0 Å². The van der Waals surface area contributed by atoms with Crippen LogP contribution >= 0.6 is 11.9 Å². The molecule has 0 fully saturated rings. The highest BCUT2D eigenvalue weighted by Gasteiger charge is 2.28. The Morgan fingerprint density at radius 1 is 0.750 bits per heavy atom. The van der Waals surface area contributed by atoms with Crippen molar-refractivity contribution in [3.05, 3.63) is 30.3 Å². The van der Waals surface area contributed by atoms with Crippen LogP contribution in [0, 0.1) is 0 Å². The minimum Gasteiger partial charge on any atom is -0.257 e. The van der Waals surface area contributed by atoms with E-state index in [0.717, 1.165) is 0 Å². The second kappa shape index (κ2) is 10.3. The molecule has 0 spiro atoms. The van der Waals surface area contributed by atoms with E-state index in [2.05, 4.69) is 63.1 Å². The van der Waals surface area contributed by atoms with Gasteiger partial charge < -0.3 is 0 Å². The van der Waals surface area contributed by atoms with Gasteiger partial charge in [-0.3, -0.25) is 3.89 Å². The van der Waals surface area contributed by atoms with E-state index in [0.29, 0.717) is 0 Å². The number of benzene rings is 1. The fourth-order valence-electron chi connectivity index (χ4n) is 2.52. The summed E-state index contributed by atoms with van der Waals surface area (Å²) >= 11 is 2.09. The Morgan fingerprint density at radius 2 is 1.20 bits per heavy atom. The molecule has 0 aliphatic rings. The second-order valence-corrected chi connectivity index (χ2v) is 7.12. The largest absolute Gasteiger partial charge is 0.257 e. The number of rotatable bonds is 11. The van der Waals surface area contributed by atoms with Crippen LogP contribution in [-0.2, 0) is 0 Å². The van der Waals surface area contributed by atoms with Crippen LogP contribution in [0.15, 0.2) is 35.2 Å². The fourth-order valence-corrected chi connectivity index (χ4v) is 3.90. The molecule has 0 bridgehead atoms. The lowest BCUT2D eigenvalue weighted by Crippen LogP contribution is -2.43. The van der Waals surface area contributed by atoms with Crippen LogP contribution in [0.3, 0.4) is 0 Å². The summed E-state index contributed by atoms with van der Waals surface area (Å²) in [4.78, 5) is 1.43. The van der Waals surface area contributed by atoms with E-state index in [1.165, 1.54) is 66.9 Å². The lowest BCUT2D eigenvalue weighted by atomic mass is 10.2. The van der Waals surface area contributed by atoms with Gasteiger partial charge in [0.05, 0.1) is 24.5 Å². The molecule has 1 aromatic rings. The van der Waals surface area contributed by atoms with Gasteiger partial charge in [0.1, 0.15) is 11.9 Å². The van der Waals surface area contributed by atoms with Crippen LogP contribution in [-0.4, -0.2) is 23.5 Å². The van der Waals surface area contributed by atoms with E-state index >= 15 is 0 Å². The van der Waals surface area contributed by atoms with Crippen molar-refractivity contribution in [1.82, 2.24) is 0 Å². The molecule has 0 heterocycles. The summed E-state index contributed by atoms with van der Waals surface area (Å²) in [5.74, 6) is 0. The summed E-state index contributed by atoms with van der Waals surface area (Å²) in [7, 11) is 0. The van der Waals surface area contributed by atoms with Gasteiger partial charge in [0.25, 0.3) is 0 Å². The highest BCUT2D eigenvalue weighted by atomic mass is 32.2. The molecule has 0 aliphatic carbocycles. The summed E-state index contributed by atoms with van der Waals surface area (Å²) in [5.41, 5.74) is 0. The van der Waals surface area contributed by atoms with Gasteiger partial charge in [0.15, 0.2) is 0 Å². The third-order valence-corrected chi connectivity index (χ3v) is 5.22. The van der Waals surface area contributed by atoms with E-state index in [-0.39, 0.29) is 0 Å². The van der Waals surface area contributed by atoms with Crippen LogP contribution in [0.5, 0.6) is 0 Å². The standard InChI is InChI=1S/C18H32NS/c1-4-7-15-19(16-8-5-2,17-9-6-3)20-18-13-11-10-12-14-18/h10-14H,4-9,15-17H2,1-3H3/q+1. The minimum absolute atomic E-state index is 1.22. The Bertz CT molecular complexity index is 315. The number of hydrogen-bond donors (Lipinski definition) is 0. The highest BCUT2D eigenvalue weighted by molar-refractivity contribution is 7.93. The molecule has 1 aromatic carbocycles. The fraction of sp³-hybridized carbons (Fsp3) is 0.667. The van der Waals surface area contributed by atoms with Gasteiger partial charge in [-0.15, -0.1) is 0 Å². The van der Waals surface area contributed by atoms with Crippen molar-refractivity contribution in [1.29, 1.82) is 0 Å². The van der Waals surface area contributed by atoms with Crippen LogP contribution in [0.25, 0.3) is 0 Å². The third-order valence-electron chi connectivity index (χ3n) is 3.80. The Kier molecular flexibility index (Phi) is 9.04. The second-order valence-electron chi connectivity index (χ2n) is 5.69. The average Bonchev–Trinajstić information content (AvgIpc) is 2.49. The molecule has 1 rings (SSSR count). The molecule has 114 valence electrons. The molecule has 0 aliphatic heterocycles. The molecule has 0 saturated carbocycles. The van der Waals surface area contributed by atoms with Crippen molar-refractivity contribution in [2.24, 2.45) is 0 Å². The van der Waals surface area contributed by atoms with Crippen molar-refractivity contribution >= 4 is 11.9 Å². The predicted octanol–water partition coefficient (Wildman–Crippen LogP) is 5.91. The summed E-state index contributed by atoms with van der Waals surface area (Å²) in [6, 6.07) is 11.0. The highest BCUT2D eigenvalue weighted by Crippen LogP contribution is 2.33. The zero-order valence-corrected chi connectivity index (χ0v) is 14.4. The Labute approximate surface area is 130 Å². The summed E-state index contributed by atoms with van der Waals surface area (Å²) in [6.45, 7) is 10.9. The van der Waals surface area contributed by atoms with Crippen molar-refractivity contribution in [2.45, 2.75) is 64.2 Å². The molecule has 0 unspecified atom stereocenters. The molecule has 0 N–H and O–H groups in total. The minimum atomic E-state index is 1.22. The monoisotopic (exact) mass is 294 g/mol. The van der Waals surface area contributed by atoms with Crippen LogP contribution in [0.2, 0.25) is 0 Å². The van der Waals surface area contributed by atoms with Gasteiger partial charge in [-0.25, -0.2) is 0 Å². The topological polar surface area (TPSA) is 0 Å². The quantitative estimate of drug-likeness (QED) is 0.361. The summed E-state index contributed by atoms with van der Waals surface area (Å²) < 4.78 is 1.22. The molecule has 0 amide bonds. The molecular weight excluding hydrogens is 262 g/mol. The molecule has 0 atom stereocenters. The smallest absolute Gasteiger partial charge is 0.112 e. The SMILES string of the molecule is CCCC[N+](CCCC)(CCCC)Sc1ccccc1. The molecule has 0 saturated heterocycles. The van der Waals surface area contributed by atoms with E-state index in [4.69, 9.17) is 0 Å². The Balaban J connectivity index is 2.81. The average molecular weight is 295 g/mol. The van der Waals surface area contributed by atoms with E-state index in [9.17, 15) is 0 Å². The van der Waals surface area contributed by atoms with Gasteiger partial charge in [-0.2, -0.15) is 0 Å². The maximum Gasteiger partial charge on any atom is 0.112 e. The van der Waals surface area contributed by atoms with Crippen LogP contribution < -0.4 is 0 Å². The van der Waals surface area contributed by atoms with Crippen molar-refractivity contribution in [3.63, 3.8) is 0 Å². The lowest BCUT2D eigenvalue weighted by molar-refractivity contribution is -0.796. The molecule has 20 heavy (non-hydrogen) atoms. The molecule has 0 aromatic heterocycles. The zero-order valence-electron chi connectivity index (χ0n) is 13.6. The number of hydrogen-bond acceptors (Lipinski definition) is 1. The van der Waals surface area contributed by atoms with Crippen molar-refractivity contribution in [2.75, 3.05) is 19.6 Å². The maximum absolute atomic E-state index is 2.31. The first-order valence-corrected chi connectivity index (χ1v) is 9.14. The lowest BCUT2D eigenvalue weighted by Gasteiger charge is -2.36. The first-order chi connectivity index (χ1) is 9.76. The number of unbranched alkanes of at least 4 members (excludes halogenated alkanes) is 3. The van der Waals surface area contributed by atoms with Gasteiger partial charge in [-0.1, -0.05) is 58.2 Å². The molecular formula is C18H32NS+. The zero-order chi connectivity index (χ0) is 14.7. The normalized spacial score (nSPS) is 11.8.